The van der Waals surface area contributed by atoms with Crippen LogP contribution in [0, 0.1) is 0 Å². The fourth-order valence-electron chi connectivity index (χ4n) is 0.941. The fraction of sp³-hybridized carbons (Fsp3) is 0.222. The van der Waals surface area contributed by atoms with Crippen LogP contribution in [0.3, 0.4) is 0 Å². The Morgan fingerprint density at radius 2 is 2.45 bits per heavy atom. The maximum absolute atomic E-state index is 10.7. The van der Waals surface area contributed by atoms with Gasteiger partial charge in [-0.1, -0.05) is 12.7 Å². The first-order chi connectivity index (χ1) is 5.18. The molecule has 0 atom stereocenters. The Balaban J connectivity index is 2.59. The number of Topliss-reactive ketones (excluding diaryl/α,β-unsaturated/α-hetero) is 1. The molecular formula is C9H11NO. The van der Waals surface area contributed by atoms with Gasteiger partial charge in [0.15, 0.2) is 0 Å². The van der Waals surface area contributed by atoms with E-state index in [4.69, 9.17) is 0 Å². The van der Waals surface area contributed by atoms with E-state index in [-0.39, 0.29) is 5.78 Å². The van der Waals surface area contributed by atoms with Gasteiger partial charge in [0.25, 0.3) is 0 Å². The summed E-state index contributed by atoms with van der Waals surface area (Å²) in [6.45, 7) is 5.29. The highest BCUT2D eigenvalue weighted by Crippen LogP contribution is 2.06. The van der Waals surface area contributed by atoms with E-state index in [2.05, 4.69) is 11.9 Å². The number of hydrogen-bond donors (Lipinski definition) is 1. The number of ketones is 1. The molecule has 0 aromatic heterocycles. The Morgan fingerprint density at radius 3 is 3.00 bits per heavy atom. The summed E-state index contributed by atoms with van der Waals surface area (Å²) in [6, 6.07) is 0. The van der Waals surface area contributed by atoms with Crippen LogP contribution in [0.4, 0.5) is 0 Å². The largest absolute Gasteiger partial charge is 0.359 e. The molecule has 11 heavy (non-hydrogen) atoms. The molecule has 1 heterocycles. The molecule has 0 radical (unpaired) electrons. The third-order valence-corrected chi connectivity index (χ3v) is 1.36. The Bertz CT molecular complexity index is 248. The van der Waals surface area contributed by atoms with Gasteiger partial charge < -0.3 is 5.32 Å². The Labute approximate surface area is 66.3 Å². The summed E-state index contributed by atoms with van der Waals surface area (Å²) in [4.78, 5) is 10.7. The molecule has 0 aliphatic carbocycles. The molecular weight excluding hydrogens is 138 g/mol. The van der Waals surface area contributed by atoms with Crippen molar-refractivity contribution in [2.75, 3.05) is 0 Å². The molecule has 0 amide bonds. The molecule has 1 N–H and O–H groups in total. The van der Waals surface area contributed by atoms with Crippen molar-refractivity contribution in [2.45, 2.75) is 13.3 Å². The third-order valence-electron chi connectivity index (χ3n) is 1.36. The van der Waals surface area contributed by atoms with Gasteiger partial charge in [0.1, 0.15) is 5.78 Å². The van der Waals surface area contributed by atoms with Crippen molar-refractivity contribution >= 4 is 5.78 Å². The smallest absolute Gasteiger partial charge is 0.135 e. The summed E-state index contributed by atoms with van der Waals surface area (Å²) in [5, 5.41) is 3.01. The van der Waals surface area contributed by atoms with E-state index in [0.29, 0.717) is 6.42 Å². The minimum atomic E-state index is 0.159. The van der Waals surface area contributed by atoms with Crippen LogP contribution in [-0.4, -0.2) is 5.78 Å². The van der Waals surface area contributed by atoms with E-state index in [1.54, 1.807) is 6.92 Å². The zero-order chi connectivity index (χ0) is 8.27. The minimum absolute atomic E-state index is 0.159. The SMILES string of the molecule is C=C1C=CC=C(CC(C)=O)N1. The van der Waals surface area contributed by atoms with Gasteiger partial charge in [0.2, 0.25) is 0 Å². The normalized spacial score (nSPS) is 15.7. The van der Waals surface area contributed by atoms with E-state index in [0.717, 1.165) is 11.4 Å². The molecule has 1 rings (SSSR count). The lowest BCUT2D eigenvalue weighted by atomic mass is 10.2. The van der Waals surface area contributed by atoms with Crippen molar-refractivity contribution in [2.24, 2.45) is 0 Å². The number of rotatable bonds is 2. The van der Waals surface area contributed by atoms with Gasteiger partial charge in [-0.15, -0.1) is 0 Å². The number of hydrogen-bond acceptors (Lipinski definition) is 2. The van der Waals surface area contributed by atoms with Crippen LogP contribution in [-0.2, 0) is 4.79 Å². The average molecular weight is 149 g/mol. The first-order valence-electron chi connectivity index (χ1n) is 3.51. The molecule has 0 saturated heterocycles. The molecule has 0 bridgehead atoms. The summed E-state index contributed by atoms with van der Waals surface area (Å²) in [5.74, 6) is 0.159. The first-order valence-corrected chi connectivity index (χ1v) is 3.51. The zero-order valence-electron chi connectivity index (χ0n) is 6.55. The van der Waals surface area contributed by atoms with Gasteiger partial charge in [-0.05, 0) is 19.1 Å². The van der Waals surface area contributed by atoms with Crippen LogP contribution >= 0.6 is 0 Å². The average Bonchev–Trinajstić information content (AvgIpc) is 1.85. The highest BCUT2D eigenvalue weighted by atomic mass is 16.1. The molecule has 58 valence electrons. The predicted molar refractivity (Wildman–Crippen MR) is 44.8 cm³/mol. The van der Waals surface area contributed by atoms with Gasteiger partial charge in [0, 0.05) is 17.8 Å². The van der Waals surface area contributed by atoms with Gasteiger partial charge in [-0.2, -0.15) is 0 Å². The maximum Gasteiger partial charge on any atom is 0.135 e. The van der Waals surface area contributed by atoms with Crippen LogP contribution < -0.4 is 5.32 Å². The summed E-state index contributed by atoms with van der Waals surface area (Å²) in [7, 11) is 0. The highest BCUT2D eigenvalue weighted by molar-refractivity contribution is 5.78. The molecule has 0 spiro atoms. The second-order valence-electron chi connectivity index (χ2n) is 2.58. The van der Waals surface area contributed by atoms with E-state index < -0.39 is 0 Å². The van der Waals surface area contributed by atoms with Crippen molar-refractivity contribution in [3.05, 3.63) is 36.2 Å². The Kier molecular flexibility index (Phi) is 2.26. The first kappa shape index (κ1) is 7.79. The van der Waals surface area contributed by atoms with E-state index in [1.807, 2.05) is 18.2 Å². The quantitative estimate of drug-likeness (QED) is 0.645. The van der Waals surface area contributed by atoms with E-state index in [1.165, 1.54) is 0 Å². The molecule has 2 nitrogen and oxygen atoms in total. The number of allylic oxidation sites excluding steroid dienone is 4. The van der Waals surface area contributed by atoms with Crippen molar-refractivity contribution in [3.63, 3.8) is 0 Å². The summed E-state index contributed by atoms with van der Waals surface area (Å²) < 4.78 is 0. The molecule has 1 aliphatic heterocycles. The van der Waals surface area contributed by atoms with Crippen molar-refractivity contribution in [3.8, 4) is 0 Å². The number of carbonyl (C=O) groups excluding carboxylic acids is 1. The number of nitrogens with one attached hydrogen (secondary N) is 1. The lowest BCUT2D eigenvalue weighted by Gasteiger charge is -2.11. The van der Waals surface area contributed by atoms with Crippen LogP contribution in [0.2, 0.25) is 0 Å². The van der Waals surface area contributed by atoms with E-state index in [9.17, 15) is 4.79 Å². The molecule has 0 aromatic rings. The standard InChI is InChI=1S/C9H11NO/c1-7-4-3-5-9(10-7)6-8(2)11/h3-5,10H,1,6H2,2H3. The molecule has 0 saturated carbocycles. The number of dihydropyridines is 1. The second kappa shape index (κ2) is 3.19. The topological polar surface area (TPSA) is 29.1 Å². The van der Waals surface area contributed by atoms with Crippen LogP contribution in [0.1, 0.15) is 13.3 Å². The van der Waals surface area contributed by atoms with Gasteiger partial charge >= 0.3 is 0 Å². The van der Waals surface area contributed by atoms with Crippen molar-refractivity contribution < 1.29 is 4.79 Å². The lowest BCUT2D eigenvalue weighted by Crippen LogP contribution is -2.14. The van der Waals surface area contributed by atoms with Crippen LogP contribution in [0.15, 0.2) is 36.2 Å². The van der Waals surface area contributed by atoms with Gasteiger partial charge in [-0.3, -0.25) is 4.79 Å². The van der Waals surface area contributed by atoms with Crippen molar-refractivity contribution in [1.29, 1.82) is 0 Å². The summed E-state index contributed by atoms with van der Waals surface area (Å²) in [5.41, 5.74) is 1.76. The number of carbonyl (C=O) groups is 1. The molecule has 0 unspecified atom stereocenters. The zero-order valence-corrected chi connectivity index (χ0v) is 6.55. The molecule has 0 fully saturated rings. The van der Waals surface area contributed by atoms with Crippen LogP contribution in [0.5, 0.6) is 0 Å². The lowest BCUT2D eigenvalue weighted by molar-refractivity contribution is -0.116. The molecule has 0 aromatic carbocycles. The van der Waals surface area contributed by atoms with Gasteiger partial charge in [-0.25, -0.2) is 0 Å². The van der Waals surface area contributed by atoms with E-state index >= 15 is 0 Å². The Hall–Kier alpha value is -1.31. The Morgan fingerprint density at radius 1 is 1.73 bits per heavy atom. The minimum Gasteiger partial charge on any atom is -0.359 e. The highest BCUT2D eigenvalue weighted by Gasteiger charge is 2.02. The van der Waals surface area contributed by atoms with Crippen LogP contribution in [0.25, 0.3) is 0 Å². The summed E-state index contributed by atoms with van der Waals surface area (Å²) in [6.07, 6.45) is 6.10. The third kappa shape index (κ3) is 2.42. The van der Waals surface area contributed by atoms with Crippen molar-refractivity contribution in [1.82, 2.24) is 5.32 Å². The molecule has 1 aliphatic rings. The summed E-state index contributed by atoms with van der Waals surface area (Å²) >= 11 is 0. The monoisotopic (exact) mass is 149 g/mol. The predicted octanol–water partition coefficient (Wildman–Crippen LogP) is 1.52. The molecule has 2 heteroatoms. The van der Waals surface area contributed by atoms with Gasteiger partial charge in [0.05, 0.1) is 0 Å². The maximum atomic E-state index is 10.7. The second-order valence-corrected chi connectivity index (χ2v) is 2.58. The fourth-order valence-corrected chi connectivity index (χ4v) is 0.941.